The molecule has 3 rings (SSSR count). The first kappa shape index (κ1) is 47.7. The van der Waals surface area contributed by atoms with E-state index in [2.05, 4.69) is 53.2 Å². The fourth-order valence-electron chi connectivity index (χ4n) is 6.86. The Labute approximate surface area is 342 Å². The number of phenolic OH excluding ortho intramolecular Hbond substituents is 1. The molecule has 2 aromatic rings. The molecule has 0 radical (unpaired) electrons. The Balaban J connectivity index is 1.67. The maximum absolute atomic E-state index is 13.9. The van der Waals surface area contributed by atoms with E-state index in [9.17, 15) is 34.2 Å². The van der Waals surface area contributed by atoms with Gasteiger partial charge in [-0.15, -0.1) is 0 Å². The zero-order valence-corrected chi connectivity index (χ0v) is 34.6. The highest BCUT2D eigenvalue weighted by Gasteiger charge is 2.31. The van der Waals surface area contributed by atoms with Crippen LogP contribution in [0.2, 0.25) is 0 Å². The van der Waals surface area contributed by atoms with Crippen molar-refractivity contribution in [3.05, 3.63) is 53.6 Å². The number of carbonyl (C=O) groups is 5. The van der Waals surface area contributed by atoms with Crippen LogP contribution in [0.4, 0.5) is 0 Å². The molecule has 0 saturated heterocycles. The van der Waals surface area contributed by atoms with Crippen LogP contribution >= 0.6 is 0 Å². The highest BCUT2D eigenvalue weighted by atomic mass is 16.3. The fourth-order valence-corrected chi connectivity index (χ4v) is 6.86. The van der Waals surface area contributed by atoms with Crippen LogP contribution in [0.25, 0.3) is 11.1 Å². The van der Waals surface area contributed by atoms with Gasteiger partial charge in [0.2, 0.25) is 29.5 Å². The van der Waals surface area contributed by atoms with E-state index in [1.807, 2.05) is 37.4 Å². The van der Waals surface area contributed by atoms with Gasteiger partial charge in [0.1, 0.15) is 17.8 Å². The van der Waals surface area contributed by atoms with Crippen molar-refractivity contribution >= 4 is 29.5 Å². The third kappa shape index (κ3) is 15.6. The molecule has 0 spiro atoms. The standard InChI is InChI=1S/C41H66N10O7/c1-42-18-19-49-38(55)31(44-3)12-6-7-16-47-37(54)32(45-4)13-9-17-48-39(56)34-21-26-10-8-11-27(20-26)28-14-15-36(53)29(22-28)23-33(46-5)40(57)51-35(41(58)50-34)24-30(52)25-43-2/h8,10-11,14-15,20,22,30-35,42-46,52-53H,6-7,9,12-13,16-19,21,23-25H2,1-5H3,(H,47,54)(H,48,56)(H,49,55)(H,50,58)(H,51,57)/t30-,31+,32+,33+,34+,35+/m1/s1. The van der Waals surface area contributed by atoms with Crippen molar-refractivity contribution in [2.75, 3.05) is 68.0 Å². The van der Waals surface area contributed by atoms with Gasteiger partial charge < -0.3 is 63.4 Å². The molecule has 0 saturated carbocycles. The van der Waals surface area contributed by atoms with Gasteiger partial charge in [0.05, 0.1) is 24.2 Å². The van der Waals surface area contributed by atoms with Gasteiger partial charge in [0.25, 0.3) is 0 Å². The topological polar surface area (TPSA) is 246 Å². The van der Waals surface area contributed by atoms with Crippen LogP contribution in [0.3, 0.4) is 0 Å². The van der Waals surface area contributed by atoms with Crippen molar-refractivity contribution in [3.63, 3.8) is 0 Å². The van der Waals surface area contributed by atoms with Gasteiger partial charge in [0.15, 0.2) is 0 Å². The van der Waals surface area contributed by atoms with E-state index in [-0.39, 0.29) is 56.0 Å². The van der Waals surface area contributed by atoms with Crippen molar-refractivity contribution in [1.82, 2.24) is 53.2 Å². The minimum Gasteiger partial charge on any atom is -0.508 e. The molecule has 6 atom stereocenters. The van der Waals surface area contributed by atoms with Crippen molar-refractivity contribution in [2.24, 2.45) is 0 Å². The first-order valence-electron chi connectivity index (χ1n) is 20.3. The van der Waals surface area contributed by atoms with Crippen LogP contribution < -0.4 is 53.2 Å². The Morgan fingerprint density at radius 2 is 1.41 bits per heavy atom. The molecule has 58 heavy (non-hydrogen) atoms. The zero-order chi connectivity index (χ0) is 42.5. The number of fused-ring (bicyclic) bond motifs is 5. The summed E-state index contributed by atoms with van der Waals surface area (Å²) in [6, 6.07) is 8.93. The lowest BCUT2D eigenvalue weighted by molar-refractivity contribution is -0.133. The van der Waals surface area contributed by atoms with E-state index in [0.29, 0.717) is 50.9 Å². The molecule has 1 aliphatic rings. The summed E-state index contributed by atoms with van der Waals surface area (Å²) in [6.07, 6.45) is 2.19. The van der Waals surface area contributed by atoms with Gasteiger partial charge in [-0.3, -0.25) is 24.0 Å². The Hall–Kier alpha value is -4.65. The molecular formula is C41H66N10O7. The molecule has 4 bridgehead atoms. The number of hydrogen-bond donors (Lipinski definition) is 12. The van der Waals surface area contributed by atoms with Crippen LogP contribution in [0.5, 0.6) is 5.75 Å². The fraction of sp³-hybridized carbons (Fsp3) is 0.585. The first-order valence-corrected chi connectivity index (χ1v) is 20.3. The first-order chi connectivity index (χ1) is 27.9. The molecule has 1 aliphatic heterocycles. The third-order valence-electron chi connectivity index (χ3n) is 10.3. The summed E-state index contributed by atoms with van der Waals surface area (Å²) in [4.78, 5) is 66.6. The number of rotatable bonds is 22. The molecule has 0 unspecified atom stereocenters. The molecule has 0 fully saturated rings. The van der Waals surface area contributed by atoms with Crippen molar-refractivity contribution in [1.29, 1.82) is 0 Å². The summed E-state index contributed by atoms with van der Waals surface area (Å²) < 4.78 is 0. The van der Waals surface area contributed by atoms with E-state index in [0.717, 1.165) is 23.1 Å². The van der Waals surface area contributed by atoms with Gasteiger partial charge in [-0.25, -0.2) is 0 Å². The largest absolute Gasteiger partial charge is 0.508 e. The Kier molecular flexibility index (Phi) is 21.1. The Morgan fingerprint density at radius 3 is 2.09 bits per heavy atom. The smallest absolute Gasteiger partial charge is 0.243 e. The predicted molar refractivity (Wildman–Crippen MR) is 224 cm³/mol. The monoisotopic (exact) mass is 811 g/mol. The van der Waals surface area contributed by atoms with E-state index in [4.69, 9.17) is 0 Å². The normalized spacial score (nSPS) is 18.7. The van der Waals surface area contributed by atoms with E-state index < -0.39 is 48.0 Å². The number of aliphatic hydroxyl groups is 1. The third-order valence-corrected chi connectivity index (χ3v) is 10.3. The molecule has 322 valence electrons. The maximum atomic E-state index is 13.9. The van der Waals surface area contributed by atoms with Crippen LogP contribution in [-0.4, -0.2) is 144 Å². The molecule has 5 amide bonds. The summed E-state index contributed by atoms with van der Waals surface area (Å²) >= 11 is 0. The second kappa shape index (κ2) is 25.7. The van der Waals surface area contributed by atoms with E-state index >= 15 is 0 Å². The highest BCUT2D eigenvalue weighted by Crippen LogP contribution is 2.28. The second-order valence-electron chi connectivity index (χ2n) is 14.7. The quantitative estimate of drug-likeness (QED) is 0.0601. The summed E-state index contributed by atoms with van der Waals surface area (Å²) in [6.45, 7) is 2.11. The summed E-state index contributed by atoms with van der Waals surface area (Å²) in [5, 5.41) is 50.6. The molecular weight excluding hydrogens is 745 g/mol. The van der Waals surface area contributed by atoms with Gasteiger partial charge >= 0.3 is 0 Å². The summed E-state index contributed by atoms with van der Waals surface area (Å²) in [5.41, 5.74) is 2.95. The average Bonchev–Trinajstić information content (AvgIpc) is 3.21. The lowest BCUT2D eigenvalue weighted by Gasteiger charge is -2.26. The van der Waals surface area contributed by atoms with Crippen LogP contribution in [0.15, 0.2) is 42.5 Å². The molecule has 1 heterocycles. The lowest BCUT2D eigenvalue weighted by Crippen LogP contribution is -2.57. The molecule has 12 N–H and O–H groups in total. The van der Waals surface area contributed by atoms with E-state index in [1.165, 1.54) is 0 Å². The molecule has 17 nitrogen and oxygen atoms in total. The van der Waals surface area contributed by atoms with Gasteiger partial charge in [-0.1, -0.05) is 30.3 Å². The number of aromatic hydroxyl groups is 1. The molecule has 0 aliphatic carbocycles. The number of likely N-dealkylation sites (N-methyl/N-ethyl adjacent to an activating group) is 5. The van der Waals surface area contributed by atoms with Gasteiger partial charge in [0, 0.05) is 52.0 Å². The van der Waals surface area contributed by atoms with Crippen LogP contribution in [0, 0.1) is 0 Å². The van der Waals surface area contributed by atoms with Crippen molar-refractivity contribution in [2.45, 2.75) is 87.7 Å². The SMILES string of the molecule is CNCCNC(=O)[C@H](CCCCNC(=O)[C@H](CCCNC(=O)[C@@H]1Cc2cccc(c2)-c2ccc(O)c(c2)C[C@H](NC)C(=O)N[C@@H](C[C@@H](O)CNC)C(=O)N1)NC)NC. The van der Waals surface area contributed by atoms with Crippen molar-refractivity contribution in [3.8, 4) is 16.9 Å². The number of phenols is 1. The molecule has 17 heteroatoms. The number of nitrogens with one attached hydrogen (secondary N) is 10. The zero-order valence-electron chi connectivity index (χ0n) is 34.6. The highest BCUT2D eigenvalue weighted by molar-refractivity contribution is 5.93. The van der Waals surface area contributed by atoms with Gasteiger partial charge in [-0.2, -0.15) is 0 Å². The number of carbonyl (C=O) groups excluding carboxylic acids is 5. The number of aliphatic hydroxyl groups excluding tert-OH is 1. The van der Waals surface area contributed by atoms with Crippen LogP contribution in [0.1, 0.15) is 49.7 Å². The second-order valence-corrected chi connectivity index (χ2v) is 14.7. The maximum Gasteiger partial charge on any atom is 0.243 e. The summed E-state index contributed by atoms with van der Waals surface area (Å²) in [7, 11) is 8.56. The minimum atomic E-state index is -1.18. The minimum absolute atomic E-state index is 0.0304. The Morgan fingerprint density at radius 1 is 0.741 bits per heavy atom. The molecule has 0 aromatic heterocycles. The molecule has 2 aromatic carbocycles. The van der Waals surface area contributed by atoms with Crippen LogP contribution in [-0.2, 0) is 36.8 Å². The number of benzene rings is 2. The van der Waals surface area contributed by atoms with Gasteiger partial charge in [-0.05, 0) is 102 Å². The van der Waals surface area contributed by atoms with E-state index in [1.54, 1.807) is 40.3 Å². The lowest BCUT2D eigenvalue weighted by atomic mass is 9.96. The number of unbranched alkanes of at least 4 members (excludes halogenated alkanes) is 1. The predicted octanol–water partition coefficient (Wildman–Crippen LogP) is -1.62. The number of amides is 5. The Bertz CT molecular complexity index is 1630. The van der Waals surface area contributed by atoms with Crippen molar-refractivity contribution < 1.29 is 34.2 Å². The number of hydrogen-bond acceptors (Lipinski definition) is 12. The summed E-state index contributed by atoms with van der Waals surface area (Å²) in [5.74, 6) is -1.76. The average molecular weight is 811 g/mol.